The van der Waals surface area contributed by atoms with Crippen LogP contribution in [0, 0.1) is 6.92 Å². The Bertz CT molecular complexity index is 942. The Morgan fingerprint density at radius 2 is 2.00 bits per heavy atom. The Morgan fingerprint density at radius 1 is 1.19 bits per heavy atom. The first kappa shape index (κ1) is 21.4. The van der Waals surface area contributed by atoms with Crippen molar-refractivity contribution in [1.82, 2.24) is 19.8 Å². The van der Waals surface area contributed by atoms with Crippen LogP contribution in [0.4, 0.5) is 16.3 Å². The smallest absolute Gasteiger partial charge is 0.322 e. The standard InChI is InChI=1S/C23H32N6O2/c1-3-4-11-31-22-25-19-15-29(23(30)26-20(19)21(24)27-22)13-17-7-8-18(16(2)12-17)14-28-9-5-6-10-28/h7-8,12H,3-6,9-11,13-15H2,1-2H3,(H,26,30)(H2,24,25,27). The molecule has 0 saturated carbocycles. The molecule has 3 heterocycles. The average molecular weight is 425 g/mol. The number of hydrogen-bond acceptors (Lipinski definition) is 6. The molecular weight excluding hydrogens is 392 g/mol. The van der Waals surface area contributed by atoms with Crippen LogP contribution in [-0.4, -0.2) is 45.5 Å². The van der Waals surface area contributed by atoms with E-state index in [1.165, 1.54) is 37.1 Å². The van der Waals surface area contributed by atoms with E-state index in [4.69, 9.17) is 10.5 Å². The van der Waals surface area contributed by atoms with E-state index < -0.39 is 0 Å². The van der Waals surface area contributed by atoms with E-state index in [1.54, 1.807) is 4.90 Å². The lowest BCUT2D eigenvalue weighted by Gasteiger charge is -2.29. The second-order valence-corrected chi connectivity index (χ2v) is 8.45. The summed E-state index contributed by atoms with van der Waals surface area (Å²) in [6, 6.07) is 6.57. The predicted molar refractivity (Wildman–Crippen MR) is 121 cm³/mol. The molecule has 0 aliphatic carbocycles. The number of ether oxygens (including phenoxy) is 1. The van der Waals surface area contributed by atoms with Crippen LogP contribution in [0.1, 0.15) is 55.0 Å². The number of anilines is 2. The molecule has 2 aromatic rings. The van der Waals surface area contributed by atoms with Gasteiger partial charge in [0.1, 0.15) is 5.69 Å². The van der Waals surface area contributed by atoms with Crippen molar-refractivity contribution in [3.05, 3.63) is 40.6 Å². The van der Waals surface area contributed by atoms with Gasteiger partial charge in [-0.2, -0.15) is 9.97 Å². The minimum absolute atomic E-state index is 0.193. The third kappa shape index (κ3) is 5.07. The van der Waals surface area contributed by atoms with Crippen molar-refractivity contribution in [3.63, 3.8) is 0 Å². The molecule has 2 aliphatic rings. The molecule has 4 rings (SSSR count). The van der Waals surface area contributed by atoms with Gasteiger partial charge in [0.25, 0.3) is 0 Å². The number of unbranched alkanes of at least 4 members (excludes halogenated alkanes) is 1. The molecule has 1 aromatic carbocycles. The summed E-state index contributed by atoms with van der Waals surface area (Å²) < 4.78 is 5.62. The van der Waals surface area contributed by atoms with E-state index in [2.05, 4.69) is 52.2 Å². The lowest BCUT2D eigenvalue weighted by molar-refractivity contribution is 0.202. The van der Waals surface area contributed by atoms with Gasteiger partial charge in [-0.05, 0) is 56.0 Å². The number of benzene rings is 1. The number of rotatable bonds is 8. The first-order valence-electron chi connectivity index (χ1n) is 11.2. The van der Waals surface area contributed by atoms with Gasteiger partial charge < -0.3 is 20.7 Å². The van der Waals surface area contributed by atoms with Gasteiger partial charge in [0.05, 0.1) is 18.8 Å². The Kier molecular flexibility index (Phi) is 6.56. The summed E-state index contributed by atoms with van der Waals surface area (Å²) in [5, 5.41) is 2.84. The van der Waals surface area contributed by atoms with Crippen molar-refractivity contribution in [2.75, 3.05) is 30.7 Å². The fourth-order valence-electron chi connectivity index (χ4n) is 4.13. The maximum atomic E-state index is 12.7. The maximum Gasteiger partial charge on any atom is 0.322 e. The highest BCUT2D eigenvalue weighted by atomic mass is 16.5. The van der Waals surface area contributed by atoms with E-state index in [-0.39, 0.29) is 17.9 Å². The molecular formula is C23H32N6O2. The Labute approximate surface area is 183 Å². The highest BCUT2D eigenvalue weighted by Gasteiger charge is 2.27. The van der Waals surface area contributed by atoms with Crippen molar-refractivity contribution in [3.8, 4) is 6.01 Å². The first-order chi connectivity index (χ1) is 15.0. The van der Waals surface area contributed by atoms with Gasteiger partial charge in [0, 0.05) is 13.1 Å². The molecule has 0 atom stereocenters. The highest BCUT2D eigenvalue weighted by Crippen LogP contribution is 2.29. The minimum Gasteiger partial charge on any atom is -0.463 e. The summed E-state index contributed by atoms with van der Waals surface area (Å²) >= 11 is 0. The molecule has 1 aromatic heterocycles. The van der Waals surface area contributed by atoms with Gasteiger partial charge in [-0.1, -0.05) is 31.5 Å². The number of aryl methyl sites for hydroxylation is 1. The van der Waals surface area contributed by atoms with Crippen molar-refractivity contribution in [2.45, 2.75) is 59.2 Å². The fraction of sp³-hybridized carbons (Fsp3) is 0.522. The normalized spacial score (nSPS) is 16.3. The third-order valence-electron chi connectivity index (χ3n) is 5.95. The Hall–Kier alpha value is -2.87. The number of urea groups is 1. The number of fused-ring (bicyclic) bond motifs is 1. The topological polar surface area (TPSA) is 96.6 Å². The second-order valence-electron chi connectivity index (χ2n) is 8.45. The van der Waals surface area contributed by atoms with Crippen LogP contribution in [0.2, 0.25) is 0 Å². The molecule has 3 N–H and O–H groups in total. The number of nitrogen functional groups attached to an aromatic ring is 1. The zero-order chi connectivity index (χ0) is 21.8. The van der Waals surface area contributed by atoms with Crippen LogP contribution in [0.3, 0.4) is 0 Å². The quantitative estimate of drug-likeness (QED) is 0.628. The van der Waals surface area contributed by atoms with Gasteiger partial charge in [0.2, 0.25) is 0 Å². The van der Waals surface area contributed by atoms with Gasteiger partial charge in [-0.25, -0.2) is 4.79 Å². The summed E-state index contributed by atoms with van der Waals surface area (Å²) in [7, 11) is 0. The van der Waals surface area contributed by atoms with Crippen molar-refractivity contribution in [2.24, 2.45) is 0 Å². The molecule has 0 spiro atoms. The average Bonchev–Trinajstić information content (AvgIpc) is 3.25. The van der Waals surface area contributed by atoms with Crippen molar-refractivity contribution >= 4 is 17.5 Å². The first-order valence-corrected chi connectivity index (χ1v) is 11.2. The molecule has 8 nitrogen and oxygen atoms in total. The van der Waals surface area contributed by atoms with E-state index in [9.17, 15) is 4.79 Å². The number of likely N-dealkylation sites (tertiary alicyclic amines) is 1. The van der Waals surface area contributed by atoms with Crippen LogP contribution in [-0.2, 0) is 19.6 Å². The molecule has 31 heavy (non-hydrogen) atoms. The molecule has 0 unspecified atom stereocenters. The van der Waals surface area contributed by atoms with Crippen molar-refractivity contribution < 1.29 is 9.53 Å². The molecule has 2 aliphatic heterocycles. The number of nitrogens with two attached hydrogens (primary N) is 1. The Balaban J connectivity index is 1.45. The van der Waals surface area contributed by atoms with Crippen LogP contribution in [0.5, 0.6) is 6.01 Å². The zero-order valence-corrected chi connectivity index (χ0v) is 18.5. The molecule has 8 heteroatoms. The van der Waals surface area contributed by atoms with E-state index in [1.807, 2.05) is 0 Å². The Morgan fingerprint density at radius 3 is 2.74 bits per heavy atom. The SMILES string of the molecule is CCCCOc1nc(N)c2c(n1)CN(Cc1ccc(CN3CCCC3)c(C)c1)C(=O)N2. The number of nitrogens with one attached hydrogen (secondary N) is 1. The summed E-state index contributed by atoms with van der Waals surface area (Å²) in [6.45, 7) is 9.04. The number of amides is 2. The number of aromatic nitrogens is 2. The largest absolute Gasteiger partial charge is 0.463 e. The summed E-state index contributed by atoms with van der Waals surface area (Å²) in [6.07, 6.45) is 4.54. The van der Waals surface area contributed by atoms with Crippen LogP contribution in [0.25, 0.3) is 0 Å². The van der Waals surface area contributed by atoms with E-state index in [0.717, 1.165) is 24.9 Å². The van der Waals surface area contributed by atoms with Crippen LogP contribution in [0.15, 0.2) is 18.2 Å². The lowest BCUT2D eigenvalue weighted by atomic mass is 10.0. The monoisotopic (exact) mass is 424 g/mol. The lowest BCUT2D eigenvalue weighted by Crippen LogP contribution is -2.39. The second kappa shape index (κ2) is 9.51. The fourth-order valence-corrected chi connectivity index (χ4v) is 4.13. The number of nitrogens with zero attached hydrogens (tertiary/aromatic N) is 4. The molecule has 166 valence electrons. The molecule has 0 radical (unpaired) electrons. The molecule has 1 fully saturated rings. The summed E-state index contributed by atoms with van der Waals surface area (Å²) in [4.78, 5) is 25.6. The third-order valence-corrected chi connectivity index (χ3v) is 5.95. The molecule has 2 amide bonds. The molecule has 1 saturated heterocycles. The van der Waals surface area contributed by atoms with Crippen molar-refractivity contribution in [1.29, 1.82) is 0 Å². The highest BCUT2D eigenvalue weighted by molar-refractivity contribution is 5.94. The number of carbonyl (C=O) groups is 1. The van der Waals surface area contributed by atoms with Gasteiger partial charge in [-0.15, -0.1) is 0 Å². The maximum absolute atomic E-state index is 12.7. The van der Waals surface area contributed by atoms with E-state index >= 15 is 0 Å². The summed E-state index contributed by atoms with van der Waals surface area (Å²) in [5.41, 5.74) is 10.9. The van der Waals surface area contributed by atoms with Gasteiger partial charge in [0.15, 0.2) is 5.82 Å². The zero-order valence-electron chi connectivity index (χ0n) is 18.5. The van der Waals surface area contributed by atoms with Crippen LogP contribution < -0.4 is 15.8 Å². The predicted octanol–water partition coefficient (Wildman–Crippen LogP) is 3.69. The summed E-state index contributed by atoms with van der Waals surface area (Å²) in [5.74, 6) is 0.242. The number of hydrogen-bond donors (Lipinski definition) is 2. The number of carbonyl (C=O) groups excluding carboxylic acids is 1. The van der Waals surface area contributed by atoms with Crippen LogP contribution >= 0.6 is 0 Å². The molecule has 0 bridgehead atoms. The van der Waals surface area contributed by atoms with E-state index in [0.29, 0.717) is 31.1 Å². The van der Waals surface area contributed by atoms with Gasteiger partial charge in [-0.3, -0.25) is 4.90 Å². The minimum atomic E-state index is -0.193. The van der Waals surface area contributed by atoms with Gasteiger partial charge >= 0.3 is 12.0 Å².